The molecule has 0 spiro atoms. The predicted octanol–water partition coefficient (Wildman–Crippen LogP) is 3.72. The molecular weight excluding hydrogens is 296 g/mol. The number of Topliss-reactive ketones (excluding diaryl/α,β-unsaturated/α-hetero) is 1. The van der Waals surface area contributed by atoms with Gasteiger partial charge in [-0.2, -0.15) is 0 Å². The van der Waals surface area contributed by atoms with Crippen LogP contribution in [0, 0.1) is 11.8 Å². The molecule has 0 amide bonds. The second-order valence-corrected chi connectivity index (χ2v) is 12.4. The first-order chi connectivity index (χ1) is 10.0. The highest BCUT2D eigenvalue weighted by Gasteiger charge is 2.46. The molecule has 0 unspecified atom stereocenters. The summed E-state index contributed by atoms with van der Waals surface area (Å²) in [5.74, 6) is -0.682. The monoisotopic (exact) mass is 326 g/mol. The summed E-state index contributed by atoms with van der Waals surface area (Å²) in [5.41, 5.74) is 0. The zero-order chi connectivity index (χ0) is 17.1. The minimum atomic E-state index is -2.01. The van der Waals surface area contributed by atoms with Gasteiger partial charge in [-0.05, 0) is 24.6 Å². The quantitative estimate of drug-likeness (QED) is 0.439. The molecule has 4 nitrogen and oxygen atoms in total. The minimum Gasteiger partial charge on any atom is -0.469 e. The van der Waals surface area contributed by atoms with Crippen LogP contribution in [0.1, 0.15) is 40.0 Å². The van der Waals surface area contributed by atoms with Crippen LogP contribution < -0.4 is 0 Å². The highest BCUT2D eigenvalue weighted by atomic mass is 28.4. The Kier molecular flexibility index (Phi) is 6.16. The van der Waals surface area contributed by atoms with E-state index < -0.39 is 14.2 Å². The number of carbonyl (C=O) groups excluding carboxylic acids is 2. The van der Waals surface area contributed by atoms with Crippen LogP contribution in [0.4, 0.5) is 0 Å². The number of esters is 1. The third-order valence-corrected chi connectivity index (χ3v) is 9.57. The highest BCUT2D eigenvalue weighted by Crippen LogP contribution is 2.42. The van der Waals surface area contributed by atoms with Crippen molar-refractivity contribution >= 4 is 20.1 Å². The van der Waals surface area contributed by atoms with Crippen LogP contribution in [0.3, 0.4) is 0 Å². The lowest BCUT2D eigenvalue weighted by Crippen LogP contribution is -2.50. The Morgan fingerprint density at radius 3 is 2.41 bits per heavy atom. The van der Waals surface area contributed by atoms with E-state index in [1.54, 1.807) is 6.08 Å². The van der Waals surface area contributed by atoms with Crippen molar-refractivity contribution in [3.05, 3.63) is 12.7 Å². The van der Waals surface area contributed by atoms with E-state index in [9.17, 15) is 9.59 Å². The maximum atomic E-state index is 12.1. The molecule has 0 bridgehead atoms. The molecule has 0 aromatic heterocycles. The first-order valence-corrected chi connectivity index (χ1v) is 10.8. The second kappa shape index (κ2) is 7.09. The molecular formula is C17H30O4Si. The molecule has 1 saturated carbocycles. The Labute approximate surface area is 135 Å². The fourth-order valence-electron chi connectivity index (χ4n) is 2.72. The van der Waals surface area contributed by atoms with Crippen molar-refractivity contribution in [2.75, 3.05) is 7.11 Å². The Bertz CT molecular complexity index is 436. The summed E-state index contributed by atoms with van der Waals surface area (Å²) >= 11 is 0. The van der Waals surface area contributed by atoms with Gasteiger partial charge in [0.15, 0.2) is 8.32 Å². The van der Waals surface area contributed by atoms with E-state index >= 15 is 0 Å². The number of rotatable bonds is 5. The van der Waals surface area contributed by atoms with E-state index in [0.717, 1.165) is 0 Å². The van der Waals surface area contributed by atoms with Crippen LogP contribution in [0.5, 0.6) is 0 Å². The molecule has 3 atom stereocenters. The van der Waals surface area contributed by atoms with Crippen LogP contribution in [0.15, 0.2) is 12.7 Å². The summed E-state index contributed by atoms with van der Waals surface area (Å²) < 4.78 is 11.4. The molecule has 0 aromatic rings. The smallest absolute Gasteiger partial charge is 0.309 e. The lowest BCUT2D eigenvalue weighted by Gasteiger charge is -2.44. The van der Waals surface area contributed by atoms with E-state index in [0.29, 0.717) is 12.8 Å². The second-order valence-electron chi connectivity index (χ2n) is 7.68. The molecule has 1 fully saturated rings. The largest absolute Gasteiger partial charge is 0.469 e. The maximum absolute atomic E-state index is 12.1. The van der Waals surface area contributed by atoms with Gasteiger partial charge in [0.25, 0.3) is 0 Å². The Morgan fingerprint density at radius 2 is 1.95 bits per heavy atom. The van der Waals surface area contributed by atoms with Gasteiger partial charge in [-0.15, -0.1) is 6.58 Å². The van der Waals surface area contributed by atoms with Crippen LogP contribution in [0.2, 0.25) is 18.1 Å². The summed E-state index contributed by atoms with van der Waals surface area (Å²) in [7, 11) is -0.635. The van der Waals surface area contributed by atoms with Crippen LogP contribution in [-0.2, 0) is 18.8 Å². The molecule has 0 aliphatic heterocycles. The van der Waals surface area contributed by atoms with E-state index in [4.69, 9.17) is 9.16 Å². The van der Waals surface area contributed by atoms with Gasteiger partial charge in [0.2, 0.25) is 0 Å². The molecule has 1 aliphatic rings. The molecule has 0 saturated heterocycles. The lowest BCUT2D eigenvalue weighted by molar-refractivity contribution is -0.154. The van der Waals surface area contributed by atoms with Crippen molar-refractivity contribution in [2.24, 2.45) is 11.8 Å². The van der Waals surface area contributed by atoms with E-state index in [-0.39, 0.29) is 35.2 Å². The molecule has 22 heavy (non-hydrogen) atoms. The van der Waals surface area contributed by atoms with Crippen LogP contribution in [-0.4, -0.2) is 33.3 Å². The Morgan fingerprint density at radius 1 is 1.36 bits per heavy atom. The molecule has 0 aromatic carbocycles. The zero-order valence-electron chi connectivity index (χ0n) is 14.8. The SMILES string of the molecule is C=CC[C@H]1[C@@H](O[Si](C)(C)C(C)(C)C)CC(=O)C[C@@H]1C(=O)OC. The van der Waals surface area contributed by atoms with Gasteiger partial charge < -0.3 is 9.16 Å². The summed E-state index contributed by atoms with van der Waals surface area (Å²) in [6, 6.07) is 0. The van der Waals surface area contributed by atoms with E-state index in [1.165, 1.54) is 7.11 Å². The molecule has 1 aliphatic carbocycles. The average Bonchev–Trinajstić information content (AvgIpc) is 2.38. The van der Waals surface area contributed by atoms with Crippen molar-refractivity contribution in [1.29, 1.82) is 0 Å². The summed E-state index contributed by atoms with van der Waals surface area (Å²) in [6.07, 6.45) is 2.88. The summed E-state index contributed by atoms with van der Waals surface area (Å²) in [4.78, 5) is 24.1. The van der Waals surface area contributed by atoms with Crippen LogP contribution >= 0.6 is 0 Å². The van der Waals surface area contributed by atoms with Crippen molar-refractivity contribution in [3.63, 3.8) is 0 Å². The summed E-state index contributed by atoms with van der Waals surface area (Å²) in [6.45, 7) is 14.6. The minimum absolute atomic E-state index is 0.0308. The van der Waals surface area contributed by atoms with Crippen molar-refractivity contribution in [1.82, 2.24) is 0 Å². The topological polar surface area (TPSA) is 52.6 Å². The molecule has 0 N–H and O–H groups in total. The third kappa shape index (κ3) is 4.29. The maximum Gasteiger partial charge on any atom is 0.309 e. The third-order valence-electron chi connectivity index (χ3n) is 5.07. The number of ketones is 1. The zero-order valence-corrected chi connectivity index (χ0v) is 15.8. The highest BCUT2D eigenvalue weighted by molar-refractivity contribution is 6.74. The summed E-state index contributed by atoms with van der Waals surface area (Å²) in [5, 5.41) is 0.0625. The van der Waals surface area contributed by atoms with Gasteiger partial charge in [-0.3, -0.25) is 9.59 Å². The fourth-order valence-corrected chi connectivity index (χ4v) is 4.09. The molecule has 1 rings (SSSR count). The number of hydrogen-bond acceptors (Lipinski definition) is 4. The standard InChI is InChI=1S/C17H30O4Si/c1-8-9-13-14(16(19)20-5)10-12(18)11-15(13)21-22(6,7)17(2,3)4/h8,13-15H,1,9-11H2,2-7H3/t13-,14+,15+/m1/s1. The van der Waals surface area contributed by atoms with Gasteiger partial charge in [0.1, 0.15) is 5.78 Å². The number of carbonyl (C=O) groups is 2. The average molecular weight is 327 g/mol. The Hall–Kier alpha value is -0.943. The molecule has 126 valence electrons. The predicted molar refractivity (Wildman–Crippen MR) is 90.1 cm³/mol. The first-order valence-electron chi connectivity index (χ1n) is 7.91. The Balaban J connectivity index is 3.05. The van der Waals surface area contributed by atoms with Gasteiger partial charge in [0.05, 0.1) is 19.1 Å². The van der Waals surface area contributed by atoms with Gasteiger partial charge in [0, 0.05) is 18.8 Å². The molecule has 0 heterocycles. The molecule has 0 radical (unpaired) electrons. The normalized spacial score (nSPS) is 26.6. The number of methoxy groups -OCH3 is 1. The van der Waals surface area contributed by atoms with Gasteiger partial charge >= 0.3 is 5.97 Å². The number of ether oxygens (including phenoxy) is 1. The van der Waals surface area contributed by atoms with Gasteiger partial charge in [-0.1, -0.05) is 26.8 Å². The van der Waals surface area contributed by atoms with E-state index in [2.05, 4.69) is 40.4 Å². The van der Waals surface area contributed by atoms with Gasteiger partial charge in [-0.25, -0.2) is 0 Å². The molecule has 5 heteroatoms. The number of allylic oxidation sites excluding steroid dienone is 1. The number of hydrogen-bond donors (Lipinski definition) is 0. The first kappa shape index (κ1) is 19.1. The lowest BCUT2D eigenvalue weighted by atomic mass is 9.75. The van der Waals surface area contributed by atoms with Crippen molar-refractivity contribution in [3.8, 4) is 0 Å². The van der Waals surface area contributed by atoms with Crippen LogP contribution in [0.25, 0.3) is 0 Å². The van der Waals surface area contributed by atoms with Crippen molar-refractivity contribution in [2.45, 2.75) is 64.3 Å². The van der Waals surface area contributed by atoms with E-state index in [1.807, 2.05) is 0 Å². The van der Waals surface area contributed by atoms with Crippen molar-refractivity contribution < 1.29 is 18.8 Å². The fraction of sp³-hybridized carbons (Fsp3) is 0.765.